The van der Waals surface area contributed by atoms with Crippen molar-refractivity contribution in [1.29, 1.82) is 0 Å². The fourth-order valence-electron chi connectivity index (χ4n) is 6.27. The molecule has 4 rings (SSSR count). The van der Waals surface area contributed by atoms with E-state index in [-0.39, 0.29) is 28.7 Å². The number of aliphatic hydroxyl groups excluding tert-OH is 2. The Bertz CT molecular complexity index is 2020. The molecule has 22 nitrogen and oxygen atoms in total. The van der Waals surface area contributed by atoms with E-state index in [0.717, 1.165) is 39.8 Å². The Morgan fingerprint density at radius 1 is 0.651 bits per heavy atom. The van der Waals surface area contributed by atoms with Gasteiger partial charge in [0, 0.05) is 39.8 Å². The van der Waals surface area contributed by atoms with Crippen molar-refractivity contribution < 1.29 is 106 Å². The molecule has 2 aromatic carbocycles. The summed E-state index contributed by atoms with van der Waals surface area (Å²) in [5.74, 6) is -8.76. The molecule has 2 saturated heterocycles. The van der Waals surface area contributed by atoms with Gasteiger partial charge in [-0.3, -0.25) is 19.2 Å². The number of aromatic hydroxyl groups is 2. The fourth-order valence-corrected chi connectivity index (χ4v) is 6.27. The van der Waals surface area contributed by atoms with E-state index in [1.807, 2.05) is 0 Å². The van der Waals surface area contributed by atoms with Crippen LogP contribution in [0.1, 0.15) is 38.8 Å². The Morgan fingerprint density at radius 2 is 1.21 bits per heavy atom. The summed E-state index contributed by atoms with van der Waals surface area (Å²) in [6, 6.07) is 6.93. The second-order valence-corrected chi connectivity index (χ2v) is 13.7. The molecule has 2 heterocycles. The maximum atomic E-state index is 13.5. The lowest BCUT2D eigenvalue weighted by molar-refractivity contribution is -0.384. The van der Waals surface area contributed by atoms with Crippen molar-refractivity contribution in [1.82, 2.24) is 0 Å². The Balaban J connectivity index is 1.73. The van der Waals surface area contributed by atoms with Gasteiger partial charge in [-0.25, -0.2) is 9.59 Å². The molecule has 344 valence electrons. The highest BCUT2D eigenvalue weighted by molar-refractivity contribution is 5.88. The van der Waals surface area contributed by atoms with E-state index in [4.69, 9.17) is 56.8 Å². The molecule has 2 aliphatic heterocycles. The summed E-state index contributed by atoms with van der Waals surface area (Å²) in [6.45, 7) is 1.61. The van der Waals surface area contributed by atoms with Crippen LogP contribution < -0.4 is 14.2 Å². The van der Waals surface area contributed by atoms with Crippen molar-refractivity contribution in [3.63, 3.8) is 0 Å². The first kappa shape index (κ1) is 49.2. The average molecular weight is 893 g/mol. The third-order valence-corrected chi connectivity index (χ3v) is 9.10. The molecule has 2 aromatic rings. The van der Waals surface area contributed by atoms with Gasteiger partial charge in [-0.2, -0.15) is 0 Å². The van der Waals surface area contributed by atoms with Gasteiger partial charge in [-0.1, -0.05) is 6.07 Å². The van der Waals surface area contributed by atoms with Crippen LogP contribution in [0.4, 0.5) is 0 Å². The topological polar surface area (TPSA) is 294 Å². The summed E-state index contributed by atoms with van der Waals surface area (Å²) in [5, 5.41) is 43.4. The van der Waals surface area contributed by atoms with Crippen LogP contribution in [-0.4, -0.2) is 152 Å². The van der Waals surface area contributed by atoms with Crippen molar-refractivity contribution >= 4 is 48.0 Å². The van der Waals surface area contributed by atoms with Gasteiger partial charge in [0.05, 0.1) is 21.3 Å². The minimum Gasteiger partial charge on any atom is -0.504 e. The Kier molecular flexibility index (Phi) is 17.2. The number of rotatable bonds is 18. The predicted octanol–water partition coefficient (Wildman–Crippen LogP) is 0.853. The van der Waals surface area contributed by atoms with Gasteiger partial charge < -0.3 is 77.3 Å². The molecule has 0 radical (unpaired) electrons. The summed E-state index contributed by atoms with van der Waals surface area (Å²) in [5.41, 5.74) is 0.694. The summed E-state index contributed by atoms with van der Waals surface area (Å²) in [4.78, 5) is 75.0. The van der Waals surface area contributed by atoms with E-state index < -0.39 is 110 Å². The molecule has 0 aliphatic carbocycles. The standard InChI is InChI=1S/C41H48O22/c1-20(42)55-18-31-37(58-22(3)44)36(51)38(59-23(4)45)40(60-31)63-41(19-57-21(2)43)39(61-33(48)13-9-24-8-11-26(46)27(14-24)52-5)35(50)30(62-41)17-56-32(47)12-10-25-15-28(53-6)34(49)29(16-25)54-7/h8-16,30-31,35-40,46,49-51H,17-19H2,1-7H3/b12-10+,13-9+/t30-,31-,35-,36+,37-,38-,39+,40+,41+/m1/s1. The quantitative estimate of drug-likeness (QED) is 0.0916. The molecule has 0 spiro atoms. The first-order valence-corrected chi connectivity index (χ1v) is 18.8. The second kappa shape index (κ2) is 22.1. The van der Waals surface area contributed by atoms with Crippen LogP contribution in [0, 0.1) is 0 Å². The summed E-state index contributed by atoms with van der Waals surface area (Å²) in [6.07, 6.45) is -10.2. The fraction of sp³-hybridized carbons (Fsp3) is 0.463. The highest BCUT2D eigenvalue weighted by atomic mass is 16.8. The number of methoxy groups -OCH3 is 3. The molecule has 2 fully saturated rings. The number of phenolic OH excluding ortho intramolecular Hbond substituents is 2. The Hall–Kier alpha value is -6.46. The SMILES string of the molecule is COc1cc(/C=C/C(=O)O[C@H]2[C@H](O)[C@@H](COC(=O)/C=C/c3cc(OC)c(O)c(OC)c3)O[C@@]2(COC(C)=O)O[C@@H]2O[C@H](COC(C)=O)[C@@H](OC(C)=O)[C@H](O)[C@H]2OC(C)=O)ccc1O. The van der Waals surface area contributed by atoms with Crippen LogP contribution in [0.5, 0.6) is 28.7 Å². The molecule has 0 unspecified atom stereocenters. The first-order valence-electron chi connectivity index (χ1n) is 18.8. The number of phenols is 2. The van der Waals surface area contributed by atoms with Crippen molar-refractivity contribution in [2.75, 3.05) is 41.2 Å². The number of hydrogen-bond donors (Lipinski definition) is 4. The number of esters is 6. The number of carbonyl (C=O) groups excluding carboxylic acids is 6. The van der Waals surface area contributed by atoms with Crippen molar-refractivity contribution in [2.24, 2.45) is 0 Å². The van der Waals surface area contributed by atoms with Crippen LogP contribution >= 0.6 is 0 Å². The average Bonchev–Trinajstić information content (AvgIpc) is 3.48. The lowest BCUT2D eigenvalue weighted by Crippen LogP contribution is -2.65. The minimum absolute atomic E-state index is 0.0391. The van der Waals surface area contributed by atoms with Crippen LogP contribution in [0.25, 0.3) is 12.2 Å². The van der Waals surface area contributed by atoms with Crippen LogP contribution in [-0.2, 0) is 71.4 Å². The monoisotopic (exact) mass is 892 g/mol. The smallest absolute Gasteiger partial charge is 0.331 e. The number of aliphatic hydroxyl groups is 2. The number of benzene rings is 2. The Morgan fingerprint density at radius 3 is 1.79 bits per heavy atom. The van der Waals surface area contributed by atoms with Gasteiger partial charge in [0.2, 0.25) is 17.8 Å². The summed E-state index contributed by atoms with van der Waals surface area (Å²) in [7, 11) is 3.93. The predicted molar refractivity (Wildman–Crippen MR) is 209 cm³/mol. The number of carbonyl (C=O) groups is 6. The zero-order chi connectivity index (χ0) is 46.6. The zero-order valence-electron chi connectivity index (χ0n) is 35.1. The lowest BCUT2D eigenvalue weighted by atomic mass is 9.98. The van der Waals surface area contributed by atoms with Crippen LogP contribution in [0.2, 0.25) is 0 Å². The third kappa shape index (κ3) is 13.0. The van der Waals surface area contributed by atoms with E-state index in [0.29, 0.717) is 11.1 Å². The van der Waals surface area contributed by atoms with Gasteiger partial charge in [0.15, 0.2) is 41.3 Å². The molecular weight excluding hydrogens is 844 g/mol. The molecular formula is C41H48O22. The summed E-state index contributed by atoms with van der Waals surface area (Å²) < 4.78 is 65.5. The summed E-state index contributed by atoms with van der Waals surface area (Å²) >= 11 is 0. The number of ether oxygens (including phenoxy) is 12. The van der Waals surface area contributed by atoms with Gasteiger partial charge in [0.25, 0.3) is 0 Å². The normalized spacial score (nSPS) is 25.5. The minimum atomic E-state index is -2.65. The van der Waals surface area contributed by atoms with Crippen molar-refractivity contribution in [3.8, 4) is 28.7 Å². The number of hydrogen-bond acceptors (Lipinski definition) is 22. The largest absolute Gasteiger partial charge is 0.504 e. The van der Waals surface area contributed by atoms with Crippen LogP contribution in [0.15, 0.2) is 42.5 Å². The molecule has 63 heavy (non-hydrogen) atoms. The second-order valence-electron chi connectivity index (χ2n) is 13.7. The van der Waals surface area contributed by atoms with Gasteiger partial charge in [-0.15, -0.1) is 0 Å². The maximum absolute atomic E-state index is 13.5. The maximum Gasteiger partial charge on any atom is 0.331 e. The molecule has 22 heteroatoms. The van der Waals surface area contributed by atoms with Gasteiger partial charge in [-0.05, 0) is 47.5 Å². The van der Waals surface area contributed by atoms with Crippen molar-refractivity contribution in [3.05, 3.63) is 53.6 Å². The van der Waals surface area contributed by atoms with Crippen molar-refractivity contribution in [2.45, 2.75) is 82.5 Å². The molecule has 9 atom stereocenters. The molecule has 0 aromatic heterocycles. The molecule has 0 bridgehead atoms. The lowest BCUT2D eigenvalue weighted by Gasteiger charge is -2.45. The first-order chi connectivity index (χ1) is 29.8. The van der Waals surface area contributed by atoms with Gasteiger partial charge >= 0.3 is 35.8 Å². The van der Waals surface area contributed by atoms with E-state index in [9.17, 15) is 49.2 Å². The molecule has 2 aliphatic rings. The van der Waals surface area contributed by atoms with E-state index >= 15 is 0 Å². The highest BCUT2D eigenvalue weighted by Crippen LogP contribution is 2.41. The Labute approximate surface area is 359 Å². The van der Waals surface area contributed by atoms with E-state index in [2.05, 4.69) is 0 Å². The zero-order valence-corrected chi connectivity index (χ0v) is 35.1. The third-order valence-electron chi connectivity index (χ3n) is 9.10. The van der Waals surface area contributed by atoms with E-state index in [1.54, 1.807) is 0 Å². The molecule has 0 amide bonds. The van der Waals surface area contributed by atoms with Crippen LogP contribution in [0.3, 0.4) is 0 Å². The molecule has 0 saturated carbocycles. The van der Waals surface area contributed by atoms with E-state index in [1.165, 1.54) is 63.8 Å². The highest BCUT2D eigenvalue weighted by Gasteiger charge is 2.63. The van der Waals surface area contributed by atoms with Gasteiger partial charge in [0.1, 0.15) is 44.2 Å². The molecule has 4 N–H and O–H groups in total.